The Hall–Kier alpha value is -2.60. The Morgan fingerprint density at radius 2 is 1.88 bits per heavy atom. The number of nitrogens with zero attached hydrogens (tertiary/aromatic N) is 2. The molecule has 6 heteroatoms. The molecule has 0 N–H and O–H groups in total. The van der Waals surface area contributed by atoms with Crippen molar-refractivity contribution in [2.75, 3.05) is 20.0 Å². The van der Waals surface area contributed by atoms with Gasteiger partial charge in [0.1, 0.15) is 10.8 Å². The quantitative estimate of drug-likeness (QED) is 0.402. The third-order valence-corrected chi connectivity index (χ3v) is 4.42. The molecular weight excluding hydrogens is 324 g/mol. The van der Waals surface area contributed by atoms with Crippen molar-refractivity contribution in [2.45, 2.75) is 5.03 Å². The van der Waals surface area contributed by atoms with E-state index in [4.69, 9.17) is 9.47 Å². The molecule has 3 aromatic rings. The van der Waals surface area contributed by atoms with Crippen LogP contribution in [0.2, 0.25) is 0 Å². The average Bonchev–Trinajstić information content (AvgIpc) is 2.65. The predicted molar refractivity (Wildman–Crippen MR) is 94.3 cm³/mol. The predicted octanol–water partition coefficient (Wildman–Crippen LogP) is 3.57. The van der Waals surface area contributed by atoms with E-state index >= 15 is 0 Å². The van der Waals surface area contributed by atoms with Crippen molar-refractivity contribution in [3.63, 3.8) is 0 Å². The number of aromatic nitrogens is 2. The summed E-state index contributed by atoms with van der Waals surface area (Å²) in [5, 5.41) is 1.58. The lowest BCUT2D eigenvalue weighted by molar-refractivity contribution is -0.137. The summed E-state index contributed by atoms with van der Waals surface area (Å²) in [6, 6.07) is 15.4. The zero-order chi connectivity index (χ0) is 16.9. The van der Waals surface area contributed by atoms with Crippen molar-refractivity contribution in [1.82, 2.24) is 9.97 Å². The first-order chi connectivity index (χ1) is 11.7. The van der Waals surface area contributed by atoms with Gasteiger partial charge in [0.05, 0.1) is 25.5 Å². The molecule has 0 unspecified atom stereocenters. The van der Waals surface area contributed by atoms with E-state index in [-0.39, 0.29) is 11.7 Å². The van der Waals surface area contributed by atoms with Gasteiger partial charge in [-0.25, -0.2) is 9.97 Å². The summed E-state index contributed by atoms with van der Waals surface area (Å²) in [5.74, 6) is 1.24. The fourth-order valence-electron chi connectivity index (χ4n) is 2.22. The van der Waals surface area contributed by atoms with E-state index in [1.54, 1.807) is 7.11 Å². The molecule has 24 heavy (non-hydrogen) atoms. The molecule has 0 saturated heterocycles. The number of benzene rings is 2. The molecule has 0 saturated carbocycles. The molecule has 0 aliphatic carbocycles. The standard InChI is InChI=1S/C18H16N2O3S/c1-22-13-8-9-15-14(10-13)18(24-11-16(21)23-2)20-17(19-15)12-6-4-3-5-7-12/h3-10H,11H2,1-2H3. The van der Waals surface area contributed by atoms with Crippen LogP contribution < -0.4 is 4.74 Å². The number of esters is 1. The number of methoxy groups -OCH3 is 2. The van der Waals surface area contributed by atoms with Crippen molar-refractivity contribution >= 4 is 28.6 Å². The van der Waals surface area contributed by atoms with Gasteiger partial charge in [-0.15, -0.1) is 0 Å². The lowest BCUT2D eigenvalue weighted by Crippen LogP contribution is -2.04. The number of fused-ring (bicyclic) bond motifs is 1. The number of rotatable bonds is 5. The minimum absolute atomic E-state index is 0.189. The Morgan fingerprint density at radius 3 is 2.58 bits per heavy atom. The van der Waals surface area contributed by atoms with Crippen LogP contribution in [0.15, 0.2) is 53.6 Å². The van der Waals surface area contributed by atoms with E-state index in [1.807, 2.05) is 48.5 Å². The topological polar surface area (TPSA) is 61.3 Å². The fourth-order valence-corrected chi connectivity index (χ4v) is 3.06. The molecule has 0 atom stereocenters. The highest BCUT2D eigenvalue weighted by Crippen LogP contribution is 2.30. The number of hydrogen-bond acceptors (Lipinski definition) is 6. The molecule has 0 amide bonds. The summed E-state index contributed by atoms with van der Waals surface area (Å²) < 4.78 is 10.00. The van der Waals surface area contributed by atoms with Gasteiger partial charge in [-0.1, -0.05) is 42.1 Å². The van der Waals surface area contributed by atoms with Crippen LogP contribution in [0.5, 0.6) is 5.75 Å². The Bertz CT molecular complexity index is 869. The van der Waals surface area contributed by atoms with Crippen molar-refractivity contribution in [2.24, 2.45) is 0 Å². The number of hydrogen-bond donors (Lipinski definition) is 0. The van der Waals surface area contributed by atoms with Gasteiger partial charge in [0.2, 0.25) is 0 Å². The van der Waals surface area contributed by atoms with Crippen molar-refractivity contribution in [1.29, 1.82) is 0 Å². The Labute approximate surface area is 144 Å². The maximum Gasteiger partial charge on any atom is 0.316 e. The van der Waals surface area contributed by atoms with Gasteiger partial charge >= 0.3 is 5.97 Å². The van der Waals surface area contributed by atoms with Crippen LogP contribution in [0.1, 0.15) is 0 Å². The summed E-state index contributed by atoms with van der Waals surface area (Å²) in [6.45, 7) is 0. The maximum atomic E-state index is 11.5. The van der Waals surface area contributed by atoms with Crippen LogP contribution in [-0.4, -0.2) is 35.9 Å². The van der Waals surface area contributed by atoms with E-state index < -0.39 is 0 Å². The second-order valence-corrected chi connectivity index (χ2v) is 5.93. The normalized spacial score (nSPS) is 10.6. The van der Waals surface area contributed by atoms with E-state index in [9.17, 15) is 4.79 Å². The minimum atomic E-state index is -0.295. The third kappa shape index (κ3) is 3.49. The molecule has 0 spiro atoms. The molecule has 3 rings (SSSR count). The average molecular weight is 340 g/mol. The minimum Gasteiger partial charge on any atom is -0.497 e. The van der Waals surface area contributed by atoms with Crippen LogP contribution >= 0.6 is 11.8 Å². The molecule has 0 bridgehead atoms. The van der Waals surface area contributed by atoms with Gasteiger partial charge in [-0.3, -0.25) is 4.79 Å². The highest BCUT2D eigenvalue weighted by molar-refractivity contribution is 8.00. The van der Waals surface area contributed by atoms with Gasteiger partial charge in [-0.2, -0.15) is 0 Å². The second-order valence-electron chi connectivity index (χ2n) is 4.97. The van der Waals surface area contributed by atoms with Crippen molar-refractivity contribution in [3.8, 4) is 17.1 Å². The van der Waals surface area contributed by atoms with E-state index in [0.717, 1.165) is 27.2 Å². The zero-order valence-electron chi connectivity index (χ0n) is 13.4. The third-order valence-electron chi connectivity index (χ3n) is 3.45. The summed E-state index contributed by atoms with van der Waals surface area (Å²) in [6.07, 6.45) is 0. The van der Waals surface area contributed by atoms with E-state index in [2.05, 4.69) is 9.97 Å². The molecule has 1 aromatic heterocycles. The van der Waals surface area contributed by atoms with E-state index in [1.165, 1.54) is 18.9 Å². The summed E-state index contributed by atoms with van der Waals surface area (Å²) in [4.78, 5) is 20.8. The molecule has 122 valence electrons. The molecule has 5 nitrogen and oxygen atoms in total. The van der Waals surface area contributed by atoms with Crippen LogP contribution in [-0.2, 0) is 9.53 Å². The van der Waals surface area contributed by atoms with Crippen LogP contribution in [0.25, 0.3) is 22.3 Å². The molecule has 0 fully saturated rings. The van der Waals surface area contributed by atoms with Gasteiger partial charge in [0, 0.05) is 10.9 Å². The Morgan fingerprint density at radius 1 is 1.08 bits per heavy atom. The maximum absolute atomic E-state index is 11.5. The Kier molecular flexibility index (Phi) is 4.96. The first-order valence-electron chi connectivity index (χ1n) is 7.32. The number of ether oxygens (including phenoxy) is 2. The second kappa shape index (κ2) is 7.31. The lowest BCUT2D eigenvalue weighted by atomic mass is 10.2. The molecule has 0 aliphatic rings. The SMILES string of the molecule is COC(=O)CSc1nc(-c2ccccc2)nc2ccc(OC)cc12. The van der Waals surface area contributed by atoms with Gasteiger partial charge < -0.3 is 9.47 Å². The van der Waals surface area contributed by atoms with Gasteiger partial charge in [-0.05, 0) is 18.2 Å². The number of carbonyl (C=O) groups excluding carboxylic acids is 1. The largest absolute Gasteiger partial charge is 0.497 e. The summed E-state index contributed by atoms with van der Waals surface area (Å²) in [7, 11) is 2.99. The fraction of sp³-hybridized carbons (Fsp3) is 0.167. The summed E-state index contributed by atoms with van der Waals surface area (Å²) >= 11 is 1.33. The van der Waals surface area contributed by atoms with Crippen molar-refractivity contribution < 1.29 is 14.3 Å². The monoisotopic (exact) mass is 340 g/mol. The number of carbonyl (C=O) groups is 1. The molecule has 0 radical (unpaired) electrons. The first-order valence-corrected chi connectivity index (χ1v) is 8.30. The van der Waals surface area contributed by atoms with Gasteiger partial charge in [0.15, 0.2) is 5.82 Å². The first kappa shape index (κ1) is 16.3. The van der Waals surface area contributed by atoms with Crippen molar-refractivity contribution in [3.05, 3.63) is 48.5 Å². The van der Waals surface area contributed by atoms with Crippen LogP contribution in [0, 0.1) is 0 Å². The molecular formula is C18H16N2O3S. The summed E-state index contributed by atoms with van der Waals surface area (Å²) in [5.41, 5.74) is 1.73. The molecule has 1 heterocycles. The zero-order valence-corrected chi connectivity index (χ0v) is 14.2. The highest BCUT2D eigenvalue weighted by Gasteiger charge is 2.13. The highest BCUT2D eigenvalue weighted by atomic mass is 32.2. The smallest absolute Gasteiger partial charge is 0.316 e. The number of thioether (sulfide) groups is 1. The Balaban J connectivity index is 2.10. The van der Waals surface area contributed by atoms with Crippen LogP contribution in [0.4, 0.5) is 0 Å². The molecule has 2 aromatic carbocycles. The lowest BCUT2D eigenvalue weighted by Gasteiger charge is -2.09. The molecule has 0 aliphatic heterocycles. The van der Waals surface area contributed by atoms with E-state index in [0.29, 0.717) is 5.82 Å². The van der Waals surface area contributed by atoms with Crippen LogP contribution in [0.3, 0.4) is 0 Å². The van der Waals surface area contributed by atoms with Gasteiger partial charge in [0.25, 0.3) is 0 Å².